The van der Waals surface area contributed by atoms with Crippen LogP contribution in [0.15, 0.2) is 65.7 Å². The quantitative estimate of drug-likeness (QED) is 0.415. The first-order chi connectivity index (χ1) is 13.7. The van der Waals surface area contributed by atoms with Gasteiger partial charge >= 0.3 is 5.97 Å². The smallest absolute Gasteiger partial charge is 0.344 e. The van der Waals surface area contributed by atoms with Gasteiger partial charge in [0.15, 0.2) is 5.75 Å². The van der Waals surface area contributed by atoms with E-state index in [1.807, 2.05) is 48.5 Å². The van der Waals surface area contributed by atoms with Gasteiger partial charge < -0.3 is 15.2 Å². The molecule has 2 aromatic carbocycles. The molecule has 0 aliphatic heterocycles. The number of nitrogens with one attached hydrogen (secondary N) is 1. The molecule has 6 heteroatoms. The maximum absolute atomic E-state index is 12.3. The van der Waals surface area contributed by atoms with Crippen molar-refractivity contribution in [3.05, 3.63) is 76.7 Å². The van der Waals surface area contributed by atoms with Crippen molar-refractivity contribution in [3.63, 3.8) is 0 Å². The molecular weight excluding hydrogens is 372 g/mol. The van der Waals surface area contributed by atoms with Gasteiger partial charge in [-0.1, -0.05) is 48.5 Å². The number of aromatic hydroxyl groups is 1. The first-order valence-electron chi connectivity index (χ1n) is 9.07. The molecule has 0 fully saturated rings. The molecule has 0 atom stereocenters. The lowest BCUT2D eigenvalue weighted by atomic mass is 10.2. The molecule has 3 rings (SSSR count). The second kappa shape index (κ2) is 9.71. The van der Waals surface area contributed by atoms with E-state index in [9.17, 15) is 9.90 Å². The lowest BCUT2D eigenvalue weighted by Gasteiger charge is -2.07. The fraction of sp³-hybridized carbons (Fsp3) is 0.182. The number of carbonyl (C=O) groups is 1. The van der Waals surface area contributed by atoms with Gasteiger partial charge in [0.05, 0.1) is 11.5 Å². The Morgan fingerprint density at radius 1 is 1.14 bits per heavy atom. The molecule has 0 aliphatic rings. The van der Waals surface area contributed by atoms with Crippen molar-refractivity contribution < 1.29 is 14.6 Å². The SMILES string of the molecule is CCOC(=O)c1c(Nc2ccccc2)sc(C=NCCc2ccccc2)c1O. The Balaban J connectivity index is 1.79. The zero-order chi connectivity index (χ0) is 19.8. The molecule has 0 saturated carbocycles. The number of rotatable bonds is 8. The molecule has 0 unspecified atom stereocenters. The molecule has 0 amide bonds. The third-order valence-corrected chi connectivity index (χ3v) is 5.03. The van der Waals surface area contributed by atoms with E-state index in [0.717, 1.165) is 12.1 Å². The Hall–Kier alpha value is -3.12. The van der Waals surface area contributed by atoms with Gasteiger partial charge in [-0.3, -0.25) is 4.99 Å². The van der Waals surface area contributed by atoms with E-state index in [-0.39, 0.29) is 17.9 Å². The summed E-state index contributed by atoms with van der Waals surface area (Å²) in [5.41, 5.74) is 2.16. The largest absolute Gasteiger partial charge is 0.505 e. The Bertz CT molecular complexity index is 937. The minimum atomic E-state index is -0.557. The van der Waals surface area contributed by atoms with Crippen molar-refractivity contribution >= 4 is 34.2 Å². The number of para-hydroxylation sites is 1. The van der Waals surface area contributed by atoms with Crippen molar-refractivity contribution in [2.75, 3.05) is 18.5 Å². The number of aliphatic imine (C=N–C) groups is 1. The van der Waals surface area contributed by atoms with Gasteiger partial charge in [-0.05, 0) is 31.0 Å². The van der Waals surface area contributed by atoms with Crippen LogP contribution < -0.4 is 5.32 Å². The van der Waals surface area contributed by atoms with Crippen LogP contribution in [0.25, 0.3) is 0 Å². The van der Waals surface area contributed by atoms with E-state index in [2.05, 4.69) is 22.4 Å². The highest BCUT2D eigenvalue weighted by Crippen LogP contribution is 2.39. The van der Waals surface area contributed by atoms with Gasteiger partial charge in [0.1, 0.15) is 10.6 Å². The molecule has 3 aromatic rings. The average molecular weight is 394 g/mol. The third-order valence-electron chi connectivity index (χ3n) is 4.00. The zero-order valence-corrected chi connectivity index (χ0v) is 16.4. The number of carbonyl (C=O) groups excluding carboxylic acids is 1. The van der Waals surface area contributed by atoms with Crippen LogP contribution in [-0.2, 0) is 11.2 Å². The van der Waals surface area contributed by atoms with Crippen LogP contribution in [0.4, 0.5) is 10.7 Å². The summed E-state index contributed by atoms with van der Waals surface area (Å²) in [6.45, 7) is 2.56. The highest BCUT2D eigenvalue weighted by atomic mass is 32.1. The minimum Gasteiger partial charge on any atom is -0.505 e. The van der Waals surface area contributed by atoms with Gasteiger partial charge in [0.25, 0.3) is 0 Å². The van der Waals surface area contributed by atoms with Crippen LogP contribution in [0.3, 0.4) is 0 Å². The van der Waals surface area contributed by atoms with Gasteiger partial charge in [0.2, 0.25) is 0 Å². The van der Waals surface area contributed by atoms with Crippen LogP contribution in [-0.4, -0.2) is 30.4 Å². The van der Waals surface area contributed by atoms with Crippen molar-refractivity contribution in [2.45, 2.75) is 13.3 Å². The number of thiophene rings is 1. The van der Waals surface area contributed by atoms with E-state index >= 15 is 0 Å². The van der Waals surface area contributed by atoms with Crippen molar-refractivity contribution in [1.82, 2.24) is 0 Å². The Morgan fingerprint density at radius 2 is 1.82 bits per heavy atom. The van der Waals surface area contributed by atoms with Crippen LogP contribution in [0.1, 0.15) is 27.7 Å². The minimum absolute atomic E-state index is 0.106. The third kappa shape index (κ3) is 4.98. The molecule has 2 N–H and O–H groups in total. The summed E-state index contributed by atoms with van der Waals surface area (Å²) in [6.07, 6.45) is 2.42. The molecular formula is C22H22N2O3S. The Morgan fingerprint density at radius 3 is 2.50 bits per heavy atom. The summed E-state index contributed by atoms with van der Waals surface area (Å²) in [4.78, 5) is 17.3. The van der Waals surface area contributed by atoms with E-state index in [1.54, 1.807) is 13.1 Å². The Kier molecular flexibility index (Phi) is 6.81. The topological polar surface area (TPSA) is 70.9 Å². The molecule has 0 aliphatic carbocycles. The fourth-order valence-electron chi connectivity index (χ4n) is 2.65. The highest BCUT2D eigenvalue weighted by molar-refractivity contribution is 7.18. The first-order valence-corrected chi connectivity index (χ1v) is 9.89. The summed E-state index contributed by atoms with van der Waals surface area (Å²) in [7, 11) is 0. The maximum Gasteiger partial charge on any atom is 0.344 e. The number of esters is 1. The maximum atomic E-state index is 12.3. The lowest BCUT2D eigenvalue weighted by molar-refractivity contribution is 0.0525. The van der Waals surface area contributed by atoms with Crippen LogP contribution in [0.2, 0.25) is 0 Å². The van der Waals surface area contributed by atoms with E-state index in [0.29, 0.717) is 16.4 Å². The number of ether oxygens (including phenoxy) is 1. The van der Waals surface area contributed by atoms with Crippen LogP contribution in [0.5, 0.6) is 5.75 Å². The predicted molar refractivity (Wildman–Crippen MR) is 114 cm³/mol. The molecule has 0 spiro atoms. The summed E-state index contributed by atoms with van der Waals surface area (Å²) >= 11 is 1.27. The number of anilines is 2. The first kappa shape index (κ1) is 19.6. The monoisotopic (exact) mass is 394 g/mol. The lowest BCUT2D eigenvalue weighted by Crippen LogP contribution is -2.06. The van der Waals surface area contributed by atoms with Gasteiger partial charge in [-0.2, -0.15) is 0 Å². The summed E-state index contributed by atoms with van der Waals surface area (Å²) in [5, 5.41) is 14.3. The number of hydrogen-bond donors (Lipinski definition) is 2. The zero-order valence-electron chi connectivity index (χ0n) is 15.6. The van der Waals surface area contributed by atoms with Crippen molar-refractivity contribution in [3.8, 4) is 5.75 Å². The normalized spacial score (nSPS) is 10.9. The number of nitrogens with zero attached hydrogens (tertiary/aromatic N) is 1. The molecule has 28 heavy (non-hydrogen) atoms. The van der Waals surface area contributed by atoms with Gasteiger partial charge in [-0.25, -0.2) is 4.79 Å². The van der Waals surface area contributed by atoms with Crippen LogP contribution in [0, 0.1) is 0 Å². The summed E-state index contributed by atoms with van der Waals surface area (Å²) in [6, 6.07) is 19.6. The molecule has 0 bridgehead atoms. The second-order valence-corrected chi connectivity index (χ2v) is 7.05. The van der Waals surface area contributed by atoms with Crippen molar-refractivity contribution in [1.29, 1.82) is 0 Å². The molecule has 0 saturated heterocycles. The van der Waals surface area contributed by atoms with Gasteiger partial charge in [0, 0.05) is 18.4 Å². The predicted octanol–water partition coefficient (Wildman–Crippen LogP) is 5.04. The number of benzene rings is 2. The van der Waals surface area contributed by atoms with Crippen molar-refractivity contribution in [2.24, 2.45) is 4.99 Å². The summed E-state index contributed by atoms with van der Waals surface area (Å²) < 4.78 is 5.11. The molecule has 5 nitrogen and oxygen atoms in total. The summed E-state index contributed by atoms with van der Waals surface area (Å²) in [5.74, 6) is -0.663. The Labute approximate surface area is 168 Å². The standard InChI is InChI=1S/C22H22N2O3S/c1-2-27-22(26)19-20(25)18(15-23-14-13-16-9-5-3-6-10-16)28-21(19)24-17-11-7-4-8-12-17/h3-12,15,24-25H,2,13-14H2,1H3. The fourth-order valence-corrected chi connectivity index (χ4v) is 3.64. The number of hydrogen-bond acceptors (Lipinski definition) is 6. The molecule has 1 aromatic heterocycles. The van der Waals surface area contributed by atoms with E-state index in [4.69, 9.17) is 4.74 Å². The van der Waals surface area contributed by atoms with E-state index < -0.39 is 5.97 Å². The van der Waals surface area contributed by atoms with Crippen LogP contribution >= 0.6 is 11.3 Å². The molecule has 0 radical (unpaired) electrons. The van der Waals surface area contributed by atoms with Gasteiger partial charge in [-0.15, -0.1) is 11.3 Å². The highest BCUT2D eigenvalue weighted by Gasteiger charge is 2.24. The second-order valence-electron chi connectivity index (χ2n) is 6.00. The molecule has 144 valence electrons. The molecule has 1 heterocycles. The average Bonchev–Trinajstić information content (AvgIpc) is 3.02. The van der Waals surface area contributed by atoms with E-state index in [1.165, 1.54) is 16.9 Å².